The van der Waals surface area contributed by atoms with Gasteiger partial charge in [0, 0.05) is 26.4 Å². The largest absolute Gasteiger partial charge is 0.293 e. The number of carbonyl (C=O) groups excluding carboxylic acids is 1. The van der Waals surface area contributed by atoms with Crippen molar-refractivity contribution < 1.29 is 4.79 Å². The molecule has 0 fully saturated rings. The summed E-state index contributed by atoms with van der Waals surface area (Å²) in [4.78, 5) is 18.9. The lowest BCUT2D eigenvalue weighted by atomic mass is 10.1. The zero-order valence-corrected chi connectivity index (χ0v) is 19.3. The predicted octanol–water partition coefficient (Wildman–Crippen LogP) is 4.95. The monoisotopic (exact) mass is 489 g/mol. The number of hydrogen-bond acceptors (Lipinski definition) is 7. The third kappa shape index (κ3) is 3.92. The van der Waals surface area contributed by atoms with E-state index in [1.165, 1.54) is 34.4 Å². The molecule has 0 spiro atoms. The third-order valence-electron chi connectivity index (χ3n) is 4.61. The summed E-state index contributed by atoms with van der Waals surface area (Å²) >= 11 is 17.0. The number of aromatic nitrogens is 3. The van der Waals surface area contributed by atoms with E-state index in [1.54, 1.807) is 6.20 Å². The van der Waals surface area contributed by atoms with Gasteiger partial charge in [0.15, 0.2) is 10.1 Å². The molecular weight excluding hydrogens is 477 g/mol. The molecule has 0 aliphatic heterocycles. The number of Topliss-reactive ketones (excluding diaryl/α,β-unsaturated/α-hetero) is 1. The molecule has 30 heavy (non-hydrogen) atoms. The van der Waals surface area contributed by atoms with Crippen LogP contribution in [-0.4, -0.2) is 26.3 Å². The topological polar surface area (TPSA) is 55.7 Å². The lowest BCUT2D eigenvalue weighted by Gasteiger charge is -2.07. The number of rotatable bonds is 5. The Morgan fingerprint density at radius 1 is 1.20 bits per heavy atom. The van der Waals surface area contributed by atoms with Gasteiger partial charge in [-0.25, -0.2) is 0 Å². The van der Waals surface area contributed by atoms with Crippen LogP contribution in [0.2, 0.25) is 5.02 Å². The van der Waals surface area contributed by atoms with E-state index in [2.05, 4.69) is 21.3 Å². The van der Waals surface area contributed by atoms with Gasteiger partial charge in [0.2, 0.25) is 0 Å². The van der Waals surface area contributed by atoms with Gasteiger partial charge in [-0.2, -0.15) is 0 Å². The van der Waals surface area contributed by atoms with E-state index < -0.39 is 0 Å². The molecule has 3 heterocycles. The van der Waals surface area contributed by atoms with Crippen LogP contribution in [0.3, 0.4) is 0 Å². The van der Waals surface area contributed by atoms with Crippen molar-refractivity contribution >= 4 is 85.7 Å². The van der Waals surface area contributed by atoms with Crippen LogP contribution in [0.5, 0.6) is 0 Å². The van der Waals surface area contributed by atoms with E-state index in [0.717, 1.165) is 36.3 Å². The summed E-state index contributed by atoms with van der Waals surface area (Å²) in [5.41, 5.74) is 0. The minimum Gasteiger partial charge on any atom is -0.293 e. The fraction of sp³-hybridized carbons (Fsp3) is 0.143. The van der Waals surface area contributed by atoms with Gasteiger partial charge in [0.1, 0.15) is 5.01 Å². The van der Waals surface area contributed by atoms with Crippen LogP contribution in [0.25, 0.3) is 22.2 Å². The molecule has 1 aliphatic rings. The molecule has 9 heteroatoms. The van der Waals surface area contributed by atoms with E-state index >= 15 is 0 Å². The molecule has 1 atom stereocenters. The van der Waals surface area contributed by atoms with Crippen LogP contribution in [0.1, 0.15) is 21.1 Å². The van der Waals surface area contributed by atoms with E-state index in [4.69, 9.17) is 23.2 Å². The van der Waals surface area contributed by atoms with Crippen LogP contribution in [0.4, 0.5) is 0 Å². The zero-order chi connectivity index (χ0) is 20.7. The highest BCUT2D eigenvalue weighted by molar-refractivity contribution is 8.01. The summed E-state index contributed by atoms with van der Waals surface area (Å²) in [6, 6.07) is 9.73. The molecule has 4 aromatic rings. The first-order chi connectivity index (χ1) is 14.6. The summed E-state index contributed by atoms with van der Waals surface area (Å²) in [5, 5.41) is 12.5. The quantitative estimate of drug-likeness (QED) is 0.293. The van der Waals surface area contributed by atoms with E-state index in [1.807, 2.05) is 36.4 Å². The van der Waals surface area contributed by atoms with Gasteiger partial charge in [0.05, 0.1) is 27.0 Å². The Labute approximate surface area is 194 Å². The summed E-state index contributed by atoms with van der Waals surface area (Å²) in [6.07, 6.45) is 6.82. The lowest BCUT2D eigenvalue weighted by molar-refractivity contribution is 0.0997. The highest BCUT2D eigenvalue weighted by atomic mass is 35.5. The highest BCUT2D eigenvalue weighted by Crippen LogP contribution is 2.36. The first-order valence-corrected chi connectivity index (χ1v) is 12.4. The molecule has 0 saturated carbocycles. The molecule has 3 aromatic heterocycles. The lowest BCUT2D eigenvalue weighted by Crippen LogP contribution is -2.33. The van der Waals surface area contributed by atoms with Crippen molar-refractivity contribution in [1.29, 1.82) is 0 Å². The van der Waals surface area contributed by atoms with Crippen molar-refractivity contribution in [3.63, 3.8) is 0 Å². The SMILES string of the molecule is O=C(Cc1nnc(Sc2ccnc3c2=CCC(Cl)C=3)s1)c1sc2ccccc2c1Cl. The predicted molar refractivity (Wildman–Crippen MR) is 126 cm³/mol. The number of halogens is 2. The number of carbonyl (C=O) groups is 1. The number of benzene rings is 1. The maximum atomic E-state index is 12.8. The maximum absolute atomic E-state index is 12.8. The van der Waals surface area contributed by atoms with Crippen LogP contribution in [-0.2, 0) is 6.42 Å². The minimum atomic E-state index is -0.0359. The van der Waals surface area contributed by atoms with Gasteiger partial charge in [0.25, 0.3) is 0 Å². The number of alkyl halides is 1. The van der Waals surface area contributed by atoms with Gasteiger partial charge >= 0.3 is 0 Å². The Hall–Kier alpha value is -1.77. The number of fused-ring (bicyclic) bond motifs is 2. The molecule has 0 radical (unpaired) electrons. The fourth-order valence-corrected chi connectivity index (χ4v) is 6.90. The Kier molecular flexibility index (Phi) is 5.64. The Bertz CT molecular complexity index is 1400. The molecular formula is C21H13Cl2N3OS3. The average Bonchev–Trinajstić information content (AvgIpc) is 3.32. The average molecular weight is 490 g/mol. The third-order valence-corrected chi connectivity index (χ3v) is 8.68. The normalized spacial score (nSPS) is 15.5. The molecule has 0 saturated heterocycles. The van der Waals surface area contributed by atoms with Gasteiger partial charge in [-0.15, -0.1) is 33.1 Å². The second kappa shape index (κ2) is 8.40. The number of hydrogen-bond donors (Lipinski definition) is 0. The Balaban J connectivity index is 1.37. The van der Waals surface area contributed by atoms with Gasteiger partial charge in [-0.3, -0.25) is 9.78 Å². The number of nitrogens with zero attached hydrogens (tertiary/aromatic N) is 3. The first-order valence-electron chi connectivity index (χ1n) is 9.10. The maximum Gasteiger partial charge on any atom is 0.181 e. The van der Waals surface area contributed by atoms with Crippen molar-refractivity contribution in [3.8, 4) is 0 Å². The Morgan fingerprint density at radius 3 is 2.93 bits per heavy atom. The minimum absolute atomic E-state index is 0.0230. The fourth-order valence-electron chi connectivity index (χ4n) is 3.22. The molecule has 4 nitrogen and oxygen atoms in total. The number of thiophene rings is 1. The molecule has 1 unspecified atom stereocenters. The number of pyridine rings is 1. The van der Waals surface area contributed by atoms with Gasteiger partial charge in [-0.05, 0) is 24.6 Å². The summed E-state index contributed by atoms with van der Waals surface area (Å²) in [6.45, 7) is 0. The molecule has 1 aromatic carbocycles. The van der Waals surface area contributed by atoms with Crippen LogP contribution in [0, 0.1) is 0 Å². The highest BCUT2D eigenvalue weighted by Gasteiger charge is 2.19. The second-order valence-corrected chi connectivity index (χ2v) is 11.0. The van der Waals surface area contributed by atoms with Crippen molar-refractivity contribution in [2.75, 3.05) is 0 Å². The molecule has 5 rings (SSSR count). The molecule has 150 valence electrons. The smallest absolute Gasteiger partial charge is 0.181 e. The first kappa shape index (κ1) is 20.2. The molecule has 0 amide bonds. The van der Waals surface area contributed by atoms with Gasteiger partial charge in [-0.1, -0.05) is 59.0 Å². The van der Waals surface area contributed by atoms with Crippen molar-refractivity contribution in [2.24, 2.45) is 0 Å². The molecule has 0 N–H and O–H groups in total. The van der Waals surface area contributed by atoms with Crippen LogP contribution in [0.15, 0.2) is 45.8 Å². The standard InChI is InChI=1S/C21H13Cl2N3OS3/c22-11-5-6-12-14(9-11)24-8-7-17(12)29-21-26-25-18(30-21)10-15(27)20-19(23)13-3-1-2-4-16(13)28-20/h1-4,6-9,11H,5,10H2. The summed E-state index contributed by atoms with van der Waals surface area (Å²) in [5.74, 6) is -0.0359. The van der Waals surface area contributed by atoms with E-state index in [0.29, 0.717) is 14.9 Å². The number of ketones is 1. The summed E-state index contributed by atoms with van der Waals surface area (Å²) in [7, 11) is 0. The Morgan fingerprint density at radius 2 is 2.07 bits per heavy atom. The van der Waals surface area contributed by atoms with Crippen LogP contribution >= 0.6 is 57.6 Å². The van der Waals surface area contributed by atoms with Crippen molar-refractivity contribution in [1.82, 2.24) is 15.2 Å². The van der Waals surface area contributed by atoms with Gasteiger partial charge < -0.3 is 0 Å². The molecule has 1 aliphatic carbocycles. The van der Waals surface area contributed by atoms with Crippen molar-refractivity contribution in [2.45, 2.75) is 27.5 Å². The second-order valence-electron chi connectivity index (χ2n) is 6.64. The van der Waals surface area contributed by atoms with E-state index in [9.17, 15) is 4.79 Å². The van der Waals surface area contributed by atoms with Crippen molar-refractivity contribution in [3.05, 3.63) is 62.0 Å². The van der Waals surface area contributed by atoms with Crippen LogP contribution < -0.4 is 10.6 Å². The summed E-state index contributed by atoms with van der Waals surface area (Å²) < 4.78 is 1.80. The van der Waals surface area contributed by atoms with E-state index in [-0.39, 0.29) is 17.6 Å². The zero-order valence-electron chi connectivity index (χ0n) is 15.3. The molecule has 0 bridgehead atoms.